The van der Waals surface area contributed by atoms with E-state index in [1.54, 1.807) is 24.4 Å². The maximum Gasteiger partial charge on any atom is 1.00 e. The molecule has 6 nitrogen and oxygen atoms in total. The molecule has 1 heterocycles. The maximum atomic E-state index is 10.4. The topological polar surface area (TPSA) is 87.4 Å². The van der Waals surface area contributed by atoms with Gasteiger partial charge in [-0.1, -0.05) is 0 Å². The monoisotopic (exact) mass is 290 g/mol. The van der Waals surface area contributed by atoms with E-state index in [-0.39, 0.29) is 29.6 Å². The predicted molar refractivity (Wildman–Crippen MR) is 64.9 cm³/mol. The third-order valence-electron chi connectivity index (χ3n) is 2.18. The fourth-order valence-electron chi connectivity index (χ4n) is 1.44. The number of hydrogen-bond donors (Lipinski definition) is 1. The molecular weight excluding hydrogens is 279 g/mol. The van der Waals surface area contributed by atoms with Crippen molar-refractivity contribution >= 4 is 28.8 Å². The number of carboxylic acid groups (broad SMARTS) is 1. The molecule has 0 saturated heterocycles. The van der Waals surface area contributed by atoms with Crippen LogP contribution in [0.3, 0.4) is 0 Å². The van der Waals surface area contributed by atoms with Gasteiger partial charge in [0.2, 0.25) is 0 Å². The Balaban J connectivity index is 0.00000180. The van der Waals surface area contributed by atoms with Gasteiger partial charge in [-0.25, -0.2) is 4.09 Å². The van der Waals surface area contributed by atoms with Crippen LogP contribution in [0.5, 0.6) is 5.75 Å². The van der Waals surface area contributed by atoms with Crippen LogP contribution in [-0.2, 0) is 4.79 Å². The molecule has 0 aliphatic rings. The molecule has 1 atom stereocenters. The minimum Gasteiger partial charge on any atom is -0.546 e. The second-order valence-corrected chi connectivity index (χ2v) is 4.49. The van der Waals surface area contributed by atoms with Crippen molar-refractivity contribution < 1.29 is 49.3 Å². The van der Waals surface area contributed by atoms with Crippen LogP contribution in [0.15, 0.2) is 24.4 Å². The van der Waals surface area contributed by atoms with E-state index in [1.807, 2.05) is 6.92 Å². The number of aliphatic hydroxyl groups excluding tert-OH is 1. The van der Waals surface area contributed by atoms with Gasteiger partial charge < -0.3 is 19.7 Å². The molecule has 0 aliphatic heterocycles. The molecule has 8 heteroatoms. The third kappa shape index (κ3) is 4.12. The zero-order valence-corrected chi connectivity index (χ0v) is 13.4. The fraction of sp³-hybridized carbons (Fsp3) is 0.273. The number of hydrogen-bond acceptors (Lipinski definition) is 6. The quantitative estimate of drug-likeness (QED) is 0.466. The minimum absolute atomic E-state index is 0. The molecule has 0 radical (unpaired) electrons. The molecular formula is C11H11N2NaO4S. The fourth-order valence-corrected chi connectivity index (χ4v) is 2.04. The van der Waals surface area contributed by atoms with Gasteiger partial charge in [-0.15, -0.1) is 0 Å². The van der Waals surface area contributed by atoms with Crippen LogP contribution in [-0.4, -0.2) is 32.3 Å². The number of rotatable bonds is 5. The van der Waals surface area contributed by atoms with Gasteiger partial charge >= 0.3 is 29.6 Å². The minimum atomic E-state index is -1.65. The number of carboxylic acids is 1. The molecule has 0 bridgehead atoms. The number of carbonyl (C=O) groups is 1. The molecule has 1 unspecified atom stereocenters. The summed E-state index contributed by atoms with van der Waals surface area (Å²) in [7, 11) is 0. The van der Waals surface area contributed by atoms with Crippen molar-refractivity contribution in [2.24, 2.45) is 0 Å². The Hall–Kier alpha value is -0.730. The Labute approximate surface area is 136 Å². The first-order chi connectivity index (χ1) is 8.60. The van der Waals surface area contributed by atoms with E-state index >= 15 is 0 Å². The molecule has 2 aromatic rings. The molecule has 1 N–H and O–H groups in total. The van der Waals surface area contributed by atoms with Gasteiger partial charge in [0, 0.05) is 23.5 Å². The normalized spacial score (nSPS) is 11.9. The Morgan fingerprint density at radius 3 is 3.00 bits per heavy atom. The van der Waals surface area contributed by atoms with Gasteiger partial charge in [-0.2, -0.15) is 5.10 Å². The van der Waals surface area contributed by atoms with Gasteiger partial charge in [0.25, 0.3) is 0 Å². The molecule has 19 heavy (non-hydrogen) atoms. The number of benzene rings is 1. The number of aliphatic hydroxyl groups is 1. The summed E-state index contributed by atoms with van der Waals surface area (Å²) < 4.78 is 6.64. The summed E-state index contributed by atoms with van der Waals surface area (Å²) in [6.07, 6.45) is 1.62. The van der Waals surface area contributed by atoms with E-state index in [2.05, 4.69) is 5.10 Å². The zero-order valence-electron chi connectivity index (χ0n) is 10.6. The Morgan fingerprint density at radius 2 is 2.37 bits per heavy atom. The van der Waals surface area contributed by atoms with E-state index < -0.39 is 11.4 Å². The van der Waals surface area contributed by atoms with Crippen molar-refractivity contribution in [3.8, 4) is 5.75 Å². The maximum absolute atomic E-state index is 10.4. The summed E-state index contributed by atoms with van der Waals surface area (Å²) in [6.45, 7) is 2.46. The van der Waals surface area contributed by atoms with Crippen molar-refractivity contribution in [1.29, 1.82) is 0 Å². The van der Waals surface area contributed by atoms with E-state index in [9.17, 15) is 9.90 Å². The van der Waals surface area contributed by atoms with E-state index in [4.69, 9.17) is 9.84 Å². The van der Waals surface area contributed by atoms with Crippen LogP contribution in [0.25, 0.3) is 10.9 Å². The predicted octanol–water partition coefficient (Wildman–Crippen LogP) is -3.00. The van der Waals surface area contributed by atoms with Crippen LogP contribution in [0.2, 0.25) is 0 Å². The summed E-state index contributed by atoms with van der Waals surface area (Å²) in [6, 6.07) is 5.35. The summed E-state index contributed by atoms with van der Waals surface area (Å²) in [5.41, 5.74) is -0.956. The van der Waals surface area contributed by atoms with Gasteiger partial charge in [0.05, 0.1) is 18.1 Å². The van der Waals surface area contributed by atoms with Crippen molar-refractivity contribution in [2.45, 2.75) is 12.4 Å². The molecule has 2 rings (SSSR count). The number of fused-ring (bicyclic) bond motifs is 1. The molecule has 0 saturated carbocycles. The number of nitrogens with zero attached hydrogens (tertiary/aromatic N) is 2. The van der Waals surface area contributed by atoms with Crippen LogP contribution in [0.1, 0.15) is 6.92 Å². The number of aliphatic carboxylic acids is 1. The van der Waals surface area contributed by atoms with Crippen molar-refractivity contribution in [3.05, 3.63) is 24.4 Å². The first-order valence-corrected chi connectivity index (χ1v) is 6.12. The molecule has 0 aliphatic carbocycles. The Bertz CT molecular complexity index is 575. The van der Waals surface area contributed by atoms with Crippen LogP contribution in [0.4, 0.5) is 0 Å². The second-order valence-electron chi connectivity index (χ2n) is 3.46. The van der Waals surface area contributed by atoms with Crippen molar-refractivity contribution in [3.63, 3.8) is 0 Å². The molecule has 96 valence electrons. The summed E-state index contributed by atoms with van der Waals surface area (Å²) in [5.74, 6) is -0.829. The molecule has 0 amide bonds. The van der Waals surface area contributed by atoms with Gasteiger partial charge in [0.1, 0.15) is 5.75 Å². The molecule has 1 aromatic carbocycles. The van der Waals surface area contributed by atoms with E-state index in [0.29, 0.717) is 24.1 Å². The Morgan fingerprint density at radius 1 is 1.63 bits per heavy atom. The zero-order chi connectivity index (χ0) is 13.1. The average molecular weight is 290 g/mol. The largest absolute Gasteiger partial charge is 1.00 e. The number of ether oxygens (including phenoxy) is 1. The van der Waals surface area contributed by atoms with E-state index in [1.165, 1.54) is 4.09 Å². The van der Waals surface area contributed by atoms with Crippen LogP contribution >= 0.6 is 11.9 Å². The van der Waals surface area contributed by atoms with Crippen molar-refractivity contribution in [1.82, 2.24) is 9.19 Å². The first-order valence-electron chi connectivity index (χ1n) is 5.28. The van der Waals surface area contributed by atoms with Gasteiger partial charge in [-0.3, -0.25) is 0 Å². The SMILES string of the molecule is CCOc1ccc2nn(SC(O)C(=O)[O-])cc2c1.[Na+]. The van der Waals surface area contributed by atoms with Crippen LogP contribution < -0.4 is 39.4 Å². The standard InChI is InChI=1S/C11H12N2O4S.Na/c1-2-17-8-3-4-9-7(5-8)6-13(12-9)18-11(16)10(14)15;/h3-6,11,16H,2H2,1H3,(H,14,15);/q;+1/p-1. The van der Waals surface area contributed by atoms with E-state index in [0.717, 1.165) is 11.1 Å². The summed E-state index contributed by atoms with van der Waals surface area (Å²) in [4.78, 5) is 10.4. The van der Waals surface area contributed by atoms with Gasteiger partial charge in [0.15, 0.2) is 5.44 Å². The Kier molecular flexibility index (Phi) is 6.15. The average Bonchev–Trinajstić information content (AvgIpc) is 2.70. The molecule has 1 aromatic heterocycles. The number of carbonyl (C=O) groups excluding carboxylic acids is 1. The van der Waals surface area contributed by atoms with Gasteiger partial charge in [-0.05, 0) is 25.1 Å². The first kappa shape index (κ1) is 16.3. The second kappa shape index (κ2) is 7.16. The van der Waals surface area contributed by atoms with Crippen LogP contribution in [0, 0.1) is 0 Å². The smallest absolute Gasteiger partial charge is 0.546 e. The summed E-state index contributed by atoms with van der Waals surface area (Å²) >= 11 is 0.655. The van der Waals surface area contributed by atoms with Crippen molar-refractivity contribution in [2.75, 3.05) is 6.61 Å². The summed E-state index contributed by atoms with van der Waals surface area (Å²) in [5, 5.41) is 24.5. The third-order valence-corrected chi connectivity index (χ3v) is 2.97. The molecule has 0 fully saturated rings. The number of aromatic nitrogens is 2. The molecule has 0 spiro atoms.